The van der Waals surface area contributed by atoms with Gasteiger partial charge in [0.25, 0.3) is 0 Å². The van der Waals surface area contributed by atoms with Gasteiger partial charge in [0, 0.05) is 23.1 Å². The molecule has 2 saturated carbocycles. The molecule has 2 aliphatic rings. The lowest BCUT2D eigenvalue weighted by Gasteiger charge is -2.25. The highest BCUT2D eigenvalue weighted by Crippen LogP contribution is 2.46. The zero-order valence-electron chi connectivity index (χ0n) is 22.8. The van der Waals surface area contributed by atoms with Crippen LogP contribution in [0.25, 0.3) is 10.9 Å². The maximum atomic E-state index is 13.5. The van der Waals surface area contributed by atoms with Gasteiger partial charge in [-0.2, -0.15) is 0 Å². The number of nitrogens with one attached hydrogen (secondary N) is 1. The van der Waals surface area contributed by atoms with Crippen LogP contribution in [0, 0.1) is 24.7 Å². The van der Waals surface area contributed by atoms with Crippen LogP contribution in [0.2, 0.25) is 0 Å². The first kappa shape index (κ1) is 27.4. The standard InChI is InChI=1S/C29H36N2O7/c1-8-17-15-29(17,27(34)36-7)31-25(32)20-13-18(14-21(20)26(33)38-28(3,4)5)37-23-11-12-30-24-16(2)22(35-6)10-9-19(23)24/h8-12,17-18,20-21H,1,13-15H2,2-7H3,(H,31,32)/t17-,18-,20-,21?,29-/m1/s1. The van der Waals surface area contributed by atoms with E-state index in [0.29, 0.717) is 18.6 Å². The van der Waals surface area contributed by atoms with Crippen LogP contribution in [0.5, 0.6) is 11.5 Å². The molecule has 1 aromatic carbocycles. The van der Waals surface area contributed by atoms with Crippen molar-refractivity contribution >= 4 is 28.7 Å². The van der Waals surface area contributed by atoms with Crippen LogP contribution in [0.3, 0.4) is 0 Å². The van der Waals surface area contributed by atoms with Gasteiger partial charge in [-0.3, -0.25) is 14.6 Å². The quantitative estimate of drug-likeness (QED) is 0.409. The minimum Gasteiger partial charge on any atom is -0.496 e. The minimum absolute atomic E-state index is 0.226. The number of nitrogens with zero attached hydrogens (tertiary/aromatic N) is 1. The first-order chi connectivity index (χ1) is 17.9. The third-order valence-corrected chi connectivity index (χ3v) is 7.35. The lowest BCUT2D eigenvalue weighted by molar-refractivity contribution is -0.163. The van der Waals surface area contributed by atoms with E-state index in [-0.39, 0.29) is 12.3 Å². The number of ether oxygens (including phenoxy) is 4. The second-order valence-corrected chi connectivity index (χ2v) is 11.1. The molecule has 0 aliphatic heterocycles. The van der Waals surface area contributed by atoms with Crippen molar-refractivity contribution in [1.29, 1.82) is 0 Å². The van der Waals surface area contributed by atoms with Gasteiger partial charge in [-0.05, 0) is 65.2 Å². The third kappa shape index (κ3) is 5.19. The van der Waals surface area contributed by atoms with E-state index in [4.69, 9.17) is 18.9 Å². The van der Waals surface area contributed by atoms with E-state index in [2.05, 4.69) is 16.9 Å². The van der Waals surface area contributed by atoms with Gasteiger partial charge in [0.2, 0.25) is 5.91 Å². The lowest BCUT2D eigenvalue weighted by Crippen LogP contribution is -2.49. The van der Waals surface area contributed by atoms with Crippen molar-refractivity contribution in [2.75, 3.05) is 14.2 Å². The second-order valence-electron chi connectivity index (χ2n) is 11.1. The summed E-state index contributed by atoms with van der Waals surface area (Å²) in [7, 11) is 2.90. The van der Waals surface area contributed by atoms with Crippen molar-refractivity contribution in [2.24, 2.45) is 17.8 Å². The molecular weight excluding hydrogens is 488 g/mol. The number of carbonyl (C=O) groups excluding carboxylic acids is 3. The average molecular weight is 525 g/mol. The number of rotatable bonds is 8. The molecule has 0 saturated heterocycles. The summed E-state index contributed by atoms with van der Waals surface area (Å²) in [5.41, 5.74) is -0.225. The Kier molecular flexibility index (Phi) is 7.41. The van der Waals surface area contributed by atoms with Gasteiger partial charge in [0.15, 0.2) is 0 Å². The number of aryl methyl sites for hydroxylation is 1. The summed E-state index contributed by atoms with van der Waals surface area (Å²) in [5.74, 6) is -1.76. The molecule has 1 N–H and O–H groups in total. The minimum atomic E-state index is -1.15. The average Bonchev–Trinajstić information content (AvgIpc) is 3.41. The van der Waals surface area contributed by atoms with Crippen molar-refractivity contribution in [2.45, 2.75) is 64.2 Å². The summed E-state index contributed by atoms with van der Waals surface area (Å²) >= 11 is 0. The number of amides is 1. The molecule has 0 spiro atoms. The number of hydrogen-bond acceptors (Lipinski definition) is 8. The van der Waals surface area contributed by atoms with Crippen LogP contribution in [-0.2, 0) is 23.9 Å². The van der Waals surface area contributed by atoms with Gasteiger partial charge in [-0.25, -0.2) is 4.79 Å². The Morgan fingerprint density at radius 2 is 1.82 bits per heavy atom. The SMILES string of the molecule is C=C[C@@H]1C[C@]1(NC(=O)[C@@H]1C[C@@H](Oc2ccnc3c(C)c(OC)ccc23)CC1C(=O)OC(C)(C)C)C(=O)OC. The van der Waals surface area contributed by atoms with Crippen LogP contribution in [0.15, 0.2) is 37.1 Å². The Morgan fingerprint density at radius 1 is 1.11 bits per heavy atom. The fourth-order valence-electron chi connectivity index (χ4n) is 5.33. The van der Waals surface area contributed by atoms with Crippen LogP contribution < -0.4 is 14.8 Å². The van der Waals surface area contributed by atoms with Crippen molar-refractivity contribution in [3.63, 3.8) is 0 Å². The Morgan fingerprint density at radius 3 is 2.42 bits per heavy atom. The van der Waals surface area contributed by atoms with Gasteiger partial charge < -0.3 is 24.3 Å². The van der Waals surface area contributed by atoms with E-state index in [1.54, 1.807) is 46.2 Å². The van der Waals surface area contributed by atoms with Crippen molar-refractivity contribution < 1.29 is 33.3 Å². The number of benzene rings is 1. The molecule has 2 aliphatic carbocycles. The Hall–Kier alpha value is -3.62. The summed E-state index contributed by atoms with van der Waals surface area (Å²) in [6, 6.07) is 5.52. The van der Waals surface area contributed by atoms with Gasteiger partial charge in [0.1, 0.15) is 28.7 Å². The number of methoxy groups -OCH3 is 2. The number of carbonyl (C=O) groups is 3. The predicted molar refractivity (Wildman–Crippen MR) is 141 cm³/mol. The molecule has 1 aromatic heterocycles. The number of aromatic nitrogens is 1. The number of pyridine rings is 1. The molecule has 5 atom stereocenters. The summed E-state index contributed by atoms with van der Waals surface area (Å²) < 4.78 is 22.4. The summed E-state index contributed by atoms with van der Waals surface area (Å²) in [6.45, 7) is 11.0. The van der Waals surface area contributed by atoms with Crippen LogP contribution >= 0.6 is 0 Å². The molecule has 2 aromatic rings. The fraction of sp³-hybridized carbons (Fsp3) is 0.517. The largest absolute Gasteiger partial charge is 0.496 e. The van der Waals surface area contributed by atoms with E-state index < -0.39 is 46.9 Å². The van der Waals surface area contributed by atoms with Crippen molar-refractivity contribution in [1.82, 2.24) is 10.3 Å². The first-order valence-electron chi connectivity index (χ1n) is 12.8. The number of esters is 2. The van der Waals surface area contributed by atoms with Crippen molar-refractivity contribution in [3.8, 4) is 11.5 Å². The van der Waals surface area contributed by atoms with Crippen LogP contribution in [-0.4, -0.2) is 54.3 Å². The number of hydrogen-bond donors (Lipinski definition) is 1. The molecule has 1 heterocycles. The van der Waals surface area contributed by atoms with Crippen molar-refractivity contribution in [3.05, 3.63) is 42.6 Å². The van der Waals surface area contributed by atoms with E-state index >= 15 is 0 Å². The zero-order chi connectivity index (χ0) is 27.8. The highest BCUT2D eigenvalue weighted by molar-refractivity contribution is 5.94. The summed E-state index contributed by atoms with van der Waals surface area (Å²) in [6.07, 6.45) is 3.85. The Labute approximate surface area is 222 Å². The zero-order valence-corrected chi connectivity index (χ0v) is 22.8. The second kappa shape index (κ2) is 10.3. The molecule has 204 valence electrons. The lowest BCUT2D eigenvalue weighted by atomic mass is 9.94. The molecule has 9 heteroatoms. The van der Waals surface area contributed by atoms with Crippen LogP contribution in [0.4, 0.5) is 0 Å². The molecule has 0 bridgehead atoms. The normalized spacial score (nSPS) is 26.4. The van der Waals surface area contributed by atoms with Gasteiger partial charge in [-0.15, -0.1) is 6.58 Å². The first-order valence-corrected chi connectivity index (χ1v) is 12.8. The summed E-state index contributed by atoms with van der Waals surface area (Å²) in [4.78, 5) is 43.7. The number of fused-ring (bicyclic) bond motifs is 1. The molecule has 1 unspecified atom stereocenters. The fourth-order valence-corrected chi connectivity index (χ4v) is 5.33. The maximum absolute atomic E-state index is 13.5. The molecule has 4 rings (SSSR count). The van der Waals surface area contributed by atoms with E-state index in [0.717, 1.165) is 22.2 Å². The molecular formula is C29H36N2O7. The molecule has 0 radical (unpaired) electrons. The predicted octanol–water partition coefficient (Wildman–Crippen LogP) is 3.90. The van der Waals surface area contributed by atoms with E-state index in [9.17, 15) is 14.4 Å². The molecule has 9 nitrogen and oxygen atoms in total. The Bertz CT molecular complexity index is 1270. The topological polar surface area (TPSA) is 113 Å². The smallest absolute Gasteiger partial charge is 0.332 e. The molecule has 38 heavy (non-hydrogen) atoms. The van der Waals surface area contributed by atoms with Gasteiger partial charge in [0.05, 0.1) is 31.6 Å². The van der Waals surface area contributed by atoms with E-state index in [1.807, 2.05) is 19.1 Å². The maximum Gasteiger partial charge on any atom is 0.332 e. The monoisotopic (exact) mass is 524 g/mol. The van der Waals surface area contributed by atoms with E-state index in [1.165, 1.54) is 7.11 Å². The summed E-state index contributed by atoms with van der Waals surface area (Å²) in [5, 5.41) is 3.68. The molecule has 1 amide bonds. The third-order valence-electron chi connectivity index (χ3n) is 7.35. The highest BCUT2D eigenvalue weighted by Gasteiger charge is 2.62. The molecule has 2 fully saturated rings. The Balaban J connectivity index is 1.60. The van der Waals surface area contributed by atoms with Gasteiger partial charge in [-0.1, -0.05) is 6.08 Å². The van der Waals surface area contributed by atoms with Crippen LogP contribution in [0.1, 0.15) is 45.6 Å². The van der Waals surface area contributed by atoms with Gasteiger partial charge >= 0.3 is 11.9 Å². The highest BCUT2D eigenvalue weighted by atomic mass is 16.6.